The fourth-order valence-electron chi connectivity index (χ4n) is 6.29. The third kappa shape index (κ3) is 3.22. The number of rotatable bonds is 4. The number of benzene rings is 3. The largest absolute Gasteiger partial charge is 0.486 e. The van der Waals surface area contributed by atoms with Gasteiger partial charge in [0, 0.05) is 54.1 Å². The Kier molecular flexibility index (Phi) is 5.05. The highest BCUT2D eigenvalue weighted by Crippen LogP contribution is 2.58. The van der Waals surface area contributed by atoms with E-state index in [9.17, 15) is 9.59 Å². The van der Waals surface area contributed by atoms with Crippen molar-refractivity contribution in [3.05, 3.63) is 81.4 Å². The second-order valence-corrected chi connectivity index (χ2v) is 10.7. The molecule has 2 N–H and O–H groups in total. The lowest BCUT2D eigenvalue weighted by Crippen LogP contribution is -2.49. The summed E-state index contributed by atoms with van der Waals surface area (Å²) in [4.78, 5) is 25.3. The van der Waals surface area contributed by atoms with Gasteiger partial charge in [0.2, 0.25) is 5.91 Å². The third-order valence-corrected chi connectivity index (χ3v) is 8.58. The van der Waals surface area contributed by atoms with Crippen molar-refractivity contribution in [2.45, 2.75) is 49.3 Å². The van der Waals surface area contributed by atoms with Crippen LogP contribution in [0.4, 0.5) is 8.78 Å². The van der Waals surface area contributed by atoms with Crippen LogP contribution >= 0.6 is 11.6 Å². The molecule has 2 amide bonds. The number of hydrogen-bond donors (Lipinski definition) is 2. The minimum atomic E-state index is -1.07. The Morgan fingerprint density at radius 3 is 2.68 bits per heavy atom. The van der Waals surface area contributed by atoms with Crippen LogP contribution < -0.4 is 20.1 Å². The second-order valence-electron chi connectivity index (χ2n) is 10.3. The number of nitrogens with one attached hydrogen (secondary N) is 2. The molecule has 3 aliphatic heterocycles. The van der Waals surface area contributed by atoms with Gasteiger partial charge in [-0.1, -0.05) is 41.9 Å². The summed E-state index contributed by atoms with van der Waals surface area (Å²) in [6, 6.07) is 11.8. The molecule has 0 radical (unpaired) electrons. The van der Waals surface area contributed by atoms with Gasteiger partial charge >= 0.3 is 0 Å². The highest BCUT2D eigenvalue weighted by Gasteiger charge is 2.53. The Balaban J connectivity index is 1.46. The molecule has 38 heavy (non-hydrogen) atoms. The second kappa shape index (κ2) is 8.17. The molecule has 0 spiro atoms. The summed E-state index contributed by atoms with van der Waals surface area (Å²) in [6.45, 7) is 0. The molecule has 0 aromatic heterocycles. The number of fused-ring (bicyclic) bond motifs is 4. The highest BCUT2D eigenvalue weighted by molar-refractivity contribution is 6.34. The van der Waals surface area contributed by atoms with Crippen molar-refractivity contribution in [2.75, 3.05) is 7.05 Å². The van der Waals surface area contributed by atoms with Crippen molar-refractivity contribution in [2.24, 2.45) is 0 Å². The van der Waals surface area contributed by atoms with E-state index >= 15 is 8.78 Å². The summed E-state index contributed by atoms with van der Waals surface area (Å²) in [5, 5.41) is 5.27. The van der Waals surface area contributed by atoms with Crippen molar-refractivity contribution in [3.8, 4) is 22.6 Å². The number of carbonyl (C=O) groups excluding carboxylic acids is 2. The van der Waals surface area contributed by atoms with Crippen molar-refractivity contribution in [3.63, 3.8) is 0 Å². The predicted molar refractivity (Wildman–Crippen MR) is 136 cm³/mol. The molecular formula is C29H23ClF2N2O4. The van der Waals surface area contributed by atoms with Crippen molar-refractivity contribution in [1.82, 2.24) is 10.6 Å². The first-order chi connectivity index (χ1) is 18.3. The number of halogens is 3. The fourth-order valence-corrected chi connectivity index (χ4v) is 6.55. The zero-order valence-electron chi connectivity index (χ0n) is 20.4. The minimum Gasteiger partial charge on any atom is -0.486 e. The molecule has 1 saturated carbocycles. The van der Waals surface area contributed by atoms with Crippen LogP contribution in [0.3, 0.4) is 0 Å². The molecule has 4 aliphatic rings. The van der Waals surface area contributed by atoms with E-state index in [-0.39, 0.29) is 57.6 Å². The topological polar surface area (TPSA) is 76.7 Å². The highest BCUT2D eigenvalue weighted by atomic mass is 35.5. The first kappa shape index (κ1) is 23.5. The lowest BCUT2D eigenvalue weighted by molar-refractivity contribution is -0.120. The molecule has 9 heteroatoms. The van der Waals surface area contributed by atoms with Crippen molar-refractivity contribution < 1.29 is 27.8 Å². The number of carbonyl (C=O) groups is 2. The molecule has 2 unspecified atom stereocenters. The zero-order valence-corrected chi connectivity index (χ0v) is 21.1. The Labute approximate surface area is 222 Å². The van der Waals surface area contributed by atoms with E-state index in [4.69, 9.17) is 21.1 Å². The number of amides is 2. The van der Waals surface area contributed by atoms with Gasteiger partial charge in [-0.3, -0.25) is 9.59 Å². The average molecular weight is 537 g/mol. The van der Waals surface area contributed by atoms with E-state index < -0.39 is 29.2 Å². The van der Waals surface area contributed by atoms with Crippen LogP contribution in [-0.4, -0.2) is 31.0 Å². The first-order valence-electron chi connectivity index (χ1n) is 12.6. The lowest BCUT2D eigenvalue weighted by Gasteiger charge is -2.35. The Morgan fingerprint density at radius 1 is 1.18 bits per heavy atom. The third-order valence-electron chi connectivity index (χ3n) is 8.21. The van der Waals surface area contributed by atoms with Gasteiger partial charge < -0.3 is 20.1 Å². The molecule has 0 bridgehead atoms. The Morgan fingerprint density at radius 2 is 1.97 bits per heavy atom. The Hall–Kier alpha value is -3.65. The molecule has 1 aliphatic carbocycles. The number of ether oxygens (including phenoxy) is 2. The van der Waals surface area contributed by atoms with E-state index in [1.54, 1.807) is 6.07 Å². The van der Waals surface area contributed by atoms with Gasteiger partial charge in [0.25, 0.3) is 5.91 Å². The van der Waals surface area contributed by atoms with E-state index in [1.165, 1.54) is 13.1 Å². The van der Waals surface area contributed by atoms with Gasteiger partial charge in [-0.05, 0) is 24.5 Å². The van der Waals surface area contributed by atoms with Crippen molar-refractivity contribution in [1.29, 1.82) is 0 Å². The molecule has 3 aromatic carbocycles. The SMILES string of the molecule is CNC(=O)c1cc2c(c(F)c1-c1c(Cl)c(F)cc3c1C[C@](c1ccccc1)([C@@H]1CCC(=O)N1)O3)OC1CC21. The van der Waals surface area contributed by atoms with Gasteiger partial charge in [-0.25, -0.2) is 8.78 Å². The summed E-state index contributed by atoms with van der Waals surface area (Å²) in [7, 11) is 1.46. The van der Waals surface area contributed by atoms with Gasteiger partial charge in [0.1, 0.15) is 17.7 Å². The molecular weight excluding hydrogens is 514 g/mol. The number of hydrogen-bond acceptors (Lipinski definition) is 4. The molecule has 194 valence electrons. The van der Waals surface area contributed by atoms with Gasteiger partial charge in [-0.2, -0.15) is 0 Å². The van der Waals surface area contributed by atoms with Gasteiger partial charge in [0.15, 0.2) is 17.2 Å². The molecule has 6 nitrogen and oxygen atoms in total. The van der Waals surface area contributed by atoms with Crippen LogP contribution in [0, 0.1) is 11.6 Å². The molecule has 3 heterocycles. The van der Waals surface area contributed by atoms with E-state index in [0.717, 1.165) is 12.0 Å². The summed E-state index contributed by atoms with van der Waals surface area (Å²) in [6.07, 6.45) is 1.69. The standard InChI is InChI=1S/C29H23ClF2N2O4/c1-33-28(36)16-9-15-14-10-19(14)37-27(15)26(32)24(16)23-17-12-29(13-5-3-2-4-6-13,21-7-8-22(35)34-21)38-20(17)11-18(31)25(23)30/h2-6,9,11,14,19,21H,7-8,10,12H2,1H3,(H,33,36)(H,34,35)/t14?,19?,21-,29-/m0/s1. The molecule has 4 atom stereocenters. The molecule has 1 saturated heterocycles. The average Bonchev–Trinajstić information content (AvgIpc) is 3.21. The summed E-state index contributed by atoms with van der Waals surface area (Å²) >= 11 is 6.57. The van der Waals surface area contributed by atoms with E-state index in [2.05, 4.69) is 10.6 Å². The fraction of sp³-hybridized carbons (Fsp3) is 0.310. The lowest BCUT2D eigenvalue weighted by atomic mass is 9.80. The molecule has 2 fully saturated rings. The zero-order chi connectivity index (χ0) is 26.3. The molecule has 7 rings (SSSR count). The molecule has 3 aromatic rings. The van der Waals surface area contributed by atoms with Crippen LogP contribution in [0.5, 0.6) is 11.5 Å². The normalized spacial score (nSPS) is 26.1. The van der Waals surface area contributed by atoms with Crippen LogP contribution in [0.25, 0.3) is 11.1 Å². The first-order valence-corrected chi connectivity index (χ1v) is 13.0. The van der Waals surface area contributed by atoms with Crippen LogP contribution in [0.1, 0.15) is 52.2 Å². The monoisotopic (exact) mass is 536 g/mol. The maximum Gasteiger partial charge on any atom is 0.251 e. The Bertz CT molecular complexity index is 1550. The van der Waals surface area contributed by atoms with Crippen molar-refractivity contribution >= 4 is 23.4 Å². The van der Waals surface area contributed by atoms with Crippen LogP contribution in [0.15, 0.2) is 42.5 Å². The van der Waals surface area contributed by atoms with Gasteiger partial charge in [0.05, 0.1) is 16.6 Å². The summed E-state index contributed by atoms with van der Waals surface area (Å²) < 4.78 is 44.0. The maximum absolute atomic E-state index is 16.3. The van der Waals surface area contributed by atoms with E-state index in [1.807, 2.05) is 30.3 Å². The maximum atomic E-state index is 16.3. The predicted octanol–water partition coefficient (Wildman–Crippen LogP) is 5.00. The van der Waals surface area contributed by atoms with Crippen LogP contribution in [0.2, 0.25) is 5.02 Å². The van der Waals surface area contributed by atoms with Gasteiger partial charge in [-0.15, -0.1) is 0 Å². The minimum absolute atomic E-state index is 0.0469. The smallest absolute Gasteiger partial charge is 0.251 e. The summed E-state index contributed by atoms with van der Waals surface area (Å²) in [5.41, 5.74) is 0.826. The summed E-state index contributed by atoms with van der Waals surface area (Å²) in [5.74, 6) is -1.84. The van der Waals surface area contributed by atoms with E-state index in [0.29, 0.717) is 24.0 Å². The quantitative estimate of drug-likeness (QED) is 0.492. The van der Waals surface area contributed by atoms with Crippen LogP contribution in [-0.2, 0) is 16.8 Å².